The SMILES string of the molecule is CCOc1cc(/C=C2/SC(=O)N(CC(=O)Nc3ccc(OC)c(Cl)c3)C2=O)ccc1OCc1ccccc1C#N. The zero-order valence-electron chi connectivity index (χ0n) is 21.6. The monoisotopic (exact) mass is 577 g/mol. The minimum atomic E-state index is -0.579. The summed E-state index contributed by atoms with van der Waals surface area (Å²) in [5.41, 5.74) is 2.27. The lowest BCUT2D eigenvalue weighted by Crippen LogP contribution is -2.36. The number of benzene rings is 3. The minimum absolute atomic E-state index is 0.171. The van der Waals surface area contributed by atoms with Crippen LogP contribution in [0.3, 0.4) is 0 Å². The summed E-state index contributed by atoms with van der Waals surface area (Å²) in [6.45, 7) is 1.93. The van der Waals surface area contributed by atoms with E-state index in [-0.39, 0.29) is 11.5 Å². The van der Waals surface area contributed by atoms with E-state index in [1.54, 1.807) is 48.5 Å². The number of halogens is 1. The first-order valence-electron chi connectivity index (χ1n) is 12.1. The molecule has 1 heterocycles. The van der Waals surface area contributed by atoms with Crippen LogP contribution in [-0.4, -0.2) is 42.2 Å². The minimum Gasteiger partial charge on any atom is -0.495 e. The molecule has 4 rings (SSSR count). The summed E-state index contributed by atoms with van der Waals surface area (Å²) in [5.74, 6) is 0.233. The second-order valence-electron chi connectivity index (χ2n) is 8.36. The van der Waals surface area contributed by atoms with Crippen molar-refractivity contribution in [2.45, 2.75) is 13.5 Å². The van der Waals surface area contributed by atoms with E-state index in [1.165, 1.54) is 13.2 Å². The highest BCUT2D eigenvalue weighted by Crippen LogP contribution is 2.35. The Morgan fingerprint density at radius 3 is 2.58 bits per heavy atom. The molecule has 3 aromatic carbocycles. The fraction of sp³-hybridized carbons (Fsp3) is 0.172. The second kappa shape index (κ2) is 13.1. The quantitative estimate of drug-likeness (QED) is 0.297. The first-order chi connectivity index (χ1) is 19.3. The van der Waals surface area contributed by atoms with Crippen LogP contribution in [0, 0.1) is 11.3 Å². The number of ether oxygens (including phenoxy) is 3. The number of nitriles is 1. The lowest BCUT2D eigenvalue weighted by Gasteiger charge is -2.14. The maximum Gasteiger partial charge on any atom is 0.294 e. The number of anilines is 1. The topological polar surface area (TPSA) is 118 Å². The number of nitrogens with one attached hydrogen (secondary N) is 1. The molecule has 0 spiro atoms. The molecule has 11 heteroatoms. The third-order valence-corrected chi connectivity index (χ3v) is 6.90. The van der Waals surface area contributed by atoms with Crippen LogP contribution in [0.2, 0.25) is 5.02 Å². The summed E-state index contributed by atoms with van der Waals surface area (Å²) in [6, 6.07) is 19.1. The van der Waals surface area contributed by atoms with Gasteiger partial charge in [0.05, 0.1) is 35.3 Å². The van der Waals surface area contributed by atoms with Gasteiger partial charge in [-0.05, 0) is 66.7 Å². The number of hydrogen-bond donors (Lipinski definition) is 1. The zero-order valence-corrected chi connectivity index (χ0v) is 23.2. The highest BCUT2D eigenvalue weighted by molar-refractivity contribution is 8.18. The van der Waals surface area contributed by atoms with Gasteiger partial charge in [0, 0.05) is 11.3 Å². The molecule has 3 amide bonds. The van der Waals surface area contributed by atoms with Gasteiger partial charge < -0.3 is 19.5 Å². The van der Waals surface area contributed by atoms with E-state index >= 15 is 0 Å². The molecule has 1 aliphatic heterocycles. The fourth-order valence-corrected chi connectivity index (χ4v) is 4.88. The predicted octanol–water partition coefficient (Wildman–Crippen LogP) is 5.87. The van der Waals surface area contributed by atoms with Crippen molar-refractivity contribution in [2.75, 3.05) is 25.6 Å². The molecule has 0 bridgehead atoms. The molecule has 1 N–H and O–H groups in total. The van der Waals surface area contributed by atoms with Crippen LogP contribution in [0.4, 0.5) is 10.5 Å². The number of hydrogen-bond acceptors (Lipinski definition) is 8. The number of carbonyl (C=O) groups excluding carboxylic acids is 3. The van der Waals surface area contributed by atoms with Gasteiger partial charge in [0.1, 0.15) is 18.9 Å². The Kier molecular flexibility index (Phi) is 9.32. The van der Waals surface area contributed by atoms with Crippen LogP contribution >= 0.6 is 23.4 Å². The van der Waals surface area contributed by atoms with E-state index in [2.05, 4.69) is 11.4 Å². The number of thioether (sulfide) groups is 1. The summed E-state index contributed by atoms with van der Waals surface area (Å²) >= 11 is 6.84. The number of methoxy groups -OCH3 is 1. The largest absolute Gasteiger partial charge is 0.495 e. The number of amides is 3. The van der Waals surface area contributed by atoms with E-state index < -0.39 is 23.6 Å². The third kappa shape index (κ3) is 6.75. The lowest BCUT2D eigenvalue weighted by molar-refractivity contribution is -0.127. The maximum atomic E-state index is 13.0. The van der Waals surface area contributed by atoms with E-state index in [1.807, 2.05) is 19.1 Å². The van der Waals surface area contributed by atoms with Crippen LogP contribution in [0.15, 0.2) is 65.6 Å². The number of nitrogens with zero attached hydrogens (tertiary/aromatic N) is 2. The highest BCUT2D eigenvalue weighted by atomic mass is 35.5. The molecule has 1 aliphatic rings. The average Bonchev–Trinajstić information content (AvgIpc) is 3.20. The Bertz CT molecular complexity index is 1530. The van der Waals surface area contributed by atoms with Crippen molar-refractivity contribution in [1.82, 2.24) is 4.90 Å². The predicted molar refractivity (Wildman–Crippen MR) is 152 cm³/mol. The Labute approximate surface area is 240 Å². The molecule has 1 fully saturated rings. The zero-order chi connectivity index (χ0) is 28.6. The molecule has 0 unspecified atom stereocenters. The Morgan fingerprint density at radius 1 is 1.07 bits per heavy atom. The van der Waals surface area contributed by atoms with Crippen LogP contribution < -0.4 is 19.5 Å². The number of imide groups is 1. The van der Waals surface area contributed by atoms with E-state index in [0.29, 0.717) is 45.7 Å². The molecular weight excluding hydrogens is 554 g/mol. The summed E-state index contributed by atoms with van der Waals surface area (Å²) in [4.78, 5) is 39.1. The van der Waals surface area contributed by atoms with Crippen LogP contribution in [-0.2, 0) is 16.2 Å². The first-order valence-corrected chi connectivity index (χ1v) is 13.3. The van der Waals surface area contributed by atoms with Gasteiger partial charge in [-0.15, -0.1) is 0 Å². The van der Waals surface area contributed by atoms with Crippen molar-refractivity contribution in [2.24, 2.45) is 0 Å². The molecule has 0 atom stereocenters. The molecule has 9 nitrogen and oxygen atoms in total. The standard InChI is InChI=1S/C29H24ClN3O6S/c1-3-38-25-12-18(8-10-24(25)39-17-20-7-5-4-6-19(20)15-31)13-26-28(35)33(29(36)40-26)16-27(34)32-21-9-11-23(37-2)22(30)14-21/h4-14H,3,16-17H2,1-2H3,(H,32,34)/b26-13+. The van der Waals surface area contributed by atoms with Gasteiger partial charge in [-0.25, -0.2) is 0 Å². The molecule has 0 aliphatic carbocycles. The number of carbonyl (C=O) groups is 3. The van der Waals surface area contributed by atoms with Gasteiger partial charge in [-0.2, -0.15) is 5.26 Å². The van der Waals surface area contributed by atoms with E-state index in [4.69, 9.17) is 25.8 Å². The highest BCUT2D eigenvalue weighted by Gasteiger charge is 2.36. The van der Waals surface area contributed by atoms with E-state index in [9.17, 15) is 19.6 Å². The summed E-state index contributed by atoms with van der Waals surface area (Å²) < 4.78 is 16.7. The van der Waals surface area contributed by atoms with Gasteiger partial charge in [-0.3, -0.25) is 19.3 Å². The molecule has 204 valence electrons. The van der Waals surface area contributed by atoms with Crippen molar-refractivity contribution in [3.63, 3.8) is 0 Å². The lowest BCUT2D eigenvalue weighted by atomic mass is 10.1. The van der Waals surface area contributed by atoms with E-state index in [0.717, 1.165) is 22.2 Å². The molecular formula is C29H24ClN3O6S. The maximum absolute atomic E-state index is 13.0. The second-order valence-corrected chi connectivity index (χ2v) is 9.76. The third-order valence-electron chi connectivity index (χ3n) is 5.70. The van der Waals surface area contributed by atoms with Gasteiger partial charge in [0.15, 0.2) is 11.5 Å². The van der Waals surface area contributed by atoms with Crippen LogP contribution in [0.1, 0.15) is 23.6 Å². The number of rotatable bonds is 10. The normalized spacial score (nSPS) is 13.8. The van der Waals surface area contributed by atoms with Crippen LogP contribution in [0.5, 0.6) is 17.2 Å². The average molecular weight is 578 g/mol. The van der Waals surface area contributed by atoms with Crippen molar-refractivity contribution in [3.05, 3.63) is 87.3 Å². The van der Waals surface area contributed by atoms with Gasteiger partial charge >= 0.3 is 0 Å². The molecule has 0 radical (unpaired) electrons. The fourth-order valence-electron chi connectivity index (χ4n) is 3.79. The molecule has 3 aromatic rings. The van der Waals surface area contributed by atoms with Crippen molar-refractivity contribution in [1.29, 1.82) is 5.26 Å². The van der Waals surface area contributed by atoms with Crippen molar-refractivity contribution in [3.8, 4) is 23.3 Å². The van der Waals surface area contributed by atoms with Crippen molar-refractivity contribution >= 4 is 52.2 Å². The smallest absolute Gasteiger partial charge is 0.294 e. The van der Waals surface area contributed by atoms with Gasteiger partial charge in [0.2, 0.25) is 5.91 Å². The summed E-state index contributed by atoms with van der Waals surface area (Å²) in [7, 11) is 1.48. The van der Waals surface area contributed by atoms with Gasteiger partial charge in [0.25, 0.3) is 11.1 Å². The Morgan fingerprint density at radius 2 is 1.85 bits per heavy atom. The molecule has 1 saturated heterocycles. The van der Waals surface area contributed by atoms with Crippen LogP contribution in [0.25, 0.3) is 6.08 Å². The summed E-state index contributed by atoms with van der Waals surface area (Å²) in [5, 5.41) is 11.7. The molecule has 0 aromatic heterocycles. The van der Waals surface area contributed by atoms with Crippen molar-refractivity contribution < 1.29 is 28.6 Å². The Hall–Kier alpha value is -4.46. The Balaban J connectivity index is 1.45. The first kappa shape index (κ1) is 28.5. The van der Waals surface area contributed by atoms with Gasteiger partial charge in [-0.1, -0.05) is 35.9 Å². The molecule has 40 heavy (non-hydrogen) atoms. The summed E-state index contributed by atoms with van der Waals surface area (Å²) in [6.07, 6.45) is 1.56. The molecule has 0 saturated carbocycles.